The van der Waals surface area contributed by atoms with Gasteiger partial charge in [0.15, 0.2) is 0 Å². The second kappa shape index (κ2) is 11.2. The van der Waals surface area contributed by atoms with Crippen molar-refractivity contribution in [2.24, 2.45) is 0 Å². The molecule has 7 heteroatoms. The minimum absolute atomic E-state index is 0.0232. The Morgan fingerprint density at radius 1 is 1.17 bits per heavy atom. The maximum absolute atomic E-state index is 13.5. The lowest BCUT2D eigenvalue weighted by atomic mass is 10.0. The van der Waals surface area contributed by atoms with Crippen LogP contribution >= 0.6 is 0 Å². The molecule has 2 aromatic carbocycles. The van der Waals surface area contributed by atoms with E-state index in [1.807, 2.05) is 40.7 Å². The summed E-state index contributed by atoms with van der Waals surface area (Å²) in [5, 5.41) is 9.02. The largest absolute Gasteiger partial charge is 0.330 e. The highest BCUT2D eigenvalue weighted by molar-refractivity contribution is 5.99. The average Bonchev–Trinajstić information content (AvgIpc) is 3.31. The van der Waals surface area contributed by atoms with E-state index < -0.39 is 0 Å². The summed E-state index contributed by atoms with van der Waals surface area (Å²) < 4.78 is 1.95. The van der Waals surface area contributed by atoms with Gasteiger partial charge in [-0.25, -0.2) is 4.98 Å². The highest BCUT2D eigenvalue weighted by Gasteiger charge is 2.36. The fourth-order valence-corrected chi connectivity index (χ4v) is 4.79. The van der Waals surface area contributed by atoms with E-state index in [1.54, 1.807) is 29.6 Å². The van der Waals surface area contributed by atoms with Crippen LogP contribution in [0.3, 0.4) is 0 Å². The predicted molar refractivity (Wildman–Crippen MR) is 139 cm³/mol. The van der Waals surface area contributed by atoms with Gasteiger partial charge in [0, 0.05) is 30.7 Å². The number of aryl methyl sites for hydroxylation is 1. The highest BCUT2D eigenvalue weighted by atomic mass is 16.2. The smallest absolute Gasteiger partial charge is 0.246 e. The van der Waals surface area contributed by atoms with Crippen LogP contribution in [0, 0.1) is 25.2 Å². The molecule has 1 aliphatic rings. The van der Waals surface area contributed by atoms with Crippen LogP contribution in [-0.2, 0) is 22.6 Å². The second-order valence-electron chi connectivity index (χ2n) is 9.54. The van der Waals surface area contributed by atoms with Crippen LogP contribution in [0.25, 0.3) is 0 Å². The van der Waals surface area contributed by atoms with Gasteiger partial charge in [-0.1, -0.05) is 44.0 Å². The van der Waals surface area contributed by atoms with Crippen molar-refractivity contribution in [3.63, 3.8) is 0 Å². The van der Waals surface area contributed by atoms with Gasteiger partial charge in [0.1, 0.15) is 6.54 Å². The van der Waals surface area contributed by atoms with Gasteiger partial charge in [-0.05, 0) is 55.2 Å². The molecule has 2 heterocycles. The predicted octanol–water partition coefficient (Wildman–Crippen LogP) is 4.40. The molecule has 0 spiro atoms. The van der Waals surface area contributed by atoms with Crippen molar-refractivity contribution in [3.8, 4) is 6.07 Å². The van der Waals surface area contributed by atoms with Crippen molar-refractivity contribution in [2.75, 3.05) is 18.0 Å². The quantitative estimate of drug-likeness (QED) is 0.476. The highest BCUT2D eigenvalue weighted by Crippen LogP contribution is 2.28. The molecule has 0 N–H and O–H groups in total. The first-order valence-electron chi connectivity index (χ1n) is 12.5. The van der Waals surface area contributed by atoms with E-state index in [0.29, 0.717) is 18.7 Å². The lowest BCUT2D eigenvalue weighted by molar-refractivity contribution is -0.139. The first-order chi connectivity index (χ1) is 17.4. The molecule has 2 amide bonds. The van der Waals surface area contributed by atoms with Gasteiger partial charge in [0.2, 0.25) is 11.8 Å². The molecule has 0 aliphatic carbocycles. The second-order valence-corrected chi connectivity index (χ2v) is 9.54. The molecule has 0 radical (unpaired) electrons. The Morgan fingerprint density at radius 3 is 2.67 bits per heavy atom. The van der Waals surface area contributed by atoms with Crippen LogP contribution in [0.15, 0.2) is 55.0 Å². The molecule has 1 fully saturated rings. The number of nitriles is 1. The molecule has 3 aromatic rings. The van der Waals surface area contributed by atoms with Crippen molar-refractivity contribution in [2.45, 2.75) is 59.0 Å². The third-order valence-corrected chi connectivity index (χ3v) is 7.09. The fourth-order valence-electron chi connectivity index (χ4n) is 4.79. The summed E-state index contributed by atoms with van der Waals surface area (Å²) in [6.45, 7) is 7.41. The van der Waals surface area contributed by atoms with Crippen LogP contribution in [0.1, 0.15) is 54.1 Å². The molecule has 36 heavy (non-hydrogen) atoms. The average molecular weight is 484 g/mol. The van der Waals surface area contributed by atoms with Crippen LogP contribution < -0.4 is 4.90 Å². The van der Waals surface area contributed by atoms with E-state index in [9.17, 15) is 9.59 Å². The number of nitrogens with zero attached hydrogens (tertiary/aromatic N) is 5. The zero-order valence-corrected chi connectivity index (χ0v) is 21.3. The number of carbonyl (C=O) groups is 2. The molecule has 7 nitrogen and oxygen atoms in total. The summed E-state index contributed by atoms with van der Waals surface area (Å²) in [5.41, 5.74) is 5.64. The van der Waals surface area contributed by atoms with E-state index in [0.717, 1.165) is 47.3 Å². The molecule has 1 aliphatic heterocycles. The van der Waals surface area contributed by atoms with E-state index in [-0.39, 0.29) is 30.8 Å². The van der Waals surface area contributed by atoms with Gasteiger partial charge in [-0.3, -0.25) is 9.59 Å². The summed E-state index contributed by atoms with van der Waals surface area (Å²) in [4.78, 5) is 34.7. The number of hydrogen-bond donors (Lipinski definition) is 0. The van der Waals surface area contributed by atoms with Gasteiger partial charge < -0.3 is 14.4 Å². The molecule has 4 rings (SSSR count). The summed E-state index contributed by atoms with van der Waals surface area (Å²) in [5.74, 6) is -0.0949. The normalized spacial score (nSPS) is 15.7. The van der Waals surface area contributed by atoms with Gasteiger partial charge in [-0.15, -0.1) is 0 Å². The summed E-state index contributed by atoms with van der Waals surface area (Å²) in [6.07, 6.45) is 6.53. The number of aromatic nitrogens is 2. The molecule has 1 saturated heterocycles. The fraction of sp³-hybridized carbons (Fsp3) is 0.379. The number of imidazole rings is 1. The van der Waals surface area contributed by atoms with Gasteiger partial charge >= 0.3 is 0 Å². The zero-order valence-electron chi connectivity index (χ0n) is 21.3. The molecule has 0 saturated carbocycles. The Kier molecular flexibility index (Phi) is 7.84. The number of rotatable bonds is 8. The van der Waals surface area contributed by atoms with E-state index in [2.05, 4.69) is 31.0 Å². The Balaban J connectivity index is 1.50. The molecule has 1 unspecified atom stereocenters. The van der Waals surface area contributed by atoms with Crippen LogP contribution in [0.2, 0.25) is 0 Å². The lowest BCUT2D eigenvalue weighted by Crippen LogP contribution is -2.58. The Morgan fingerprint density at radius 2 is 1.94 bits per heavy atom. The number of unbranched alkanes of at least 4 members (excludes halogenated alkanes) is 1. The Bertz CT molecular complexity index is 1270. The summed E-state index contributed by atoms with van der Waals surface area (Å²) in [7, 11) is 0. The number of benzene rings is 2. The number of anilines is 1. The van der Waals surface area contributed by atoms with Crippen molar-refractivity contribution in [1.29, 1.82) is 5.26 Å². The van der Waals surface area contributed by atoms with Crippen molar-refractivity contribution in [3.05, 3.63) is 82.9 Å². The first-order valence-corrected chi connectivity index (χ1v) is 12.5. The number of hydrogen-bond acceptors (Lipinski definition) is 4. The first kappa shape index (κ1) is 25.2. The standard InChI is InChI=1S/C29H33N5O2/c1-4-5-8-25-18-34(27-9-6-7-21(2)22(27)3)29(36)19-33(25)28(35)14-26-16-31-20-32(26)17-24-12-10-23(15-30)11-13-24/h6-7,9-13,16,20,25H,4-5,8,14,17-19H2,1-3H3. The zero-order chi connectivity index (χ0) is 25.7. The molecule has 0 bridgehead atoms. The van der Waals surface area contributed by atoms with Gasteiger partial charge in [0.25, 0.3) is 0 Å². The van der Waals surface area contributed by atoms with Crippen LogP contribution in [0.4, 0.5) is 5.69 Å². The Hall–Kier alpha value is -3.92. The minimum atomic E-state index is -0.0494. The maximum atomic E-state index is 13.5. The molecule has 1 atom stereocenters. The van der Waals surface area contributed by atoms with Gasteiger partial charge in [-0.2, -0.15) is 5.26 Å². The van der Waals surface area contributed by atoms with E-state index in [4.69, 9.17) is 5.26 Å². The summed E-state index contributed by atoms with van der Waals surface area (Å²) in [6, 6.07) is 15.5. The third-order valence-electron chi connectivity index (χ3n) is 7.09. The van der Waals surface area contributed by atoms with Gasteiger partial charge in [0.05, 0.1) is 30.4 Å². The molecular weight excluding hydrogens is 450 g/mol. The SMILES string of the molecule is CCCCC1CN(c2cccc(C)c2C)C(=O)CN1C(=O)Cc1cncn1Cc1ccc(C#N)cc1. The number of carbonyl (C=O) groups excluding carboxylic acids is 2. The molecule has 1 aromatic heterocycles. The summed E-state index contributed by atoms with van der Waals surface area (Å²) >= 11 is 0. The minimum Gasteiger partial charge on any atom is -0.330 e. The van der Waals surface area contributed by atoms with E-state index in [1.165, 1.54) is 0 Å². The van der Waals surface area contributed by atoms with Crippen molar-refractivity contribution < 1.29 is 9.59 Å². The molecule has 186 valence electrons. The topological polar surface area (TPSA) is 82.2 Å². The molecular formula is C29H33N5O2. The maximum Gasteiger partial charge on any atom is 0.246 e. The lowest BCUT2D eigenvalue weighted by Gasteiger charge is -2.41. The van der Waals surface area contributed by atoms with E-state index >= 15 is 0 Å². The third kappa shape index (κ3) is 5.49. The number of piperazine rings is 1. The monoisotopic (exact) mass is 483 g/mol. The van der Waals surface area contributed by atoms with Crippen molar-refractivity contribution >= 4 is 17.5 Å². The Labute approximate surface area is 213 Å². The van der Waals surface area contributed by atoms with Crippen LogP contribution in [0.5, 0.6) is 0 Å². The van der Waals surface area contributed by atoms with Crippen molar-refractivity contribution in [1.82, 2.24) is 14.5 Å². The number of amides is 2. The van der Waals surface area contributed by atoms with Crippen LogP contribution in [-0.4, -0.2) is 45.4 Å².